The number of halogens is 1. The van der Waals surface area contributed by atoms with Crippen LogP contribution in [0, 0.1) is 0 Å². The molecule has 2 rings (SSSR count). The van der Waals surface area contributed by atoms with Crippen molar-refractivity contribution in [2.75, 3.05) is 31.5 Å². The number of hydrogen-bond acceptors (Lipinski definition) is 3. The first-order valence-electron chi connectivity index (χ1n) is 6.05. The molecule has 0 bridgehead atoms. The summed E-state index contributed by atoms with van der Waals surface area (Å²) in [4.78, 5) is 10.8. The minimum Gasteiger partial charge on any atom is -0.370 e. The van der Waals surface area contributed by atoms with E-state index in [-0.39, 0.29) is 24.0 Å². The highest BCUT2D eigenvalue weighted by Crippen LogP contribution is 2.06. The Morgan fingerprint density at radius 1 is 1.39 bits per heavy atom. The number of hydrogen-bond donors (Lipinski definition) is 2. The van der Waals surface area contributed by atoms with Crippen molar-refractivity contribution >= 4 is 35.8 Å². The van der Waals surface area contributed by atoms with Gasteiger partial charge in [-0.1, -0.05) is 6.07 Å². The molecule has 0 aromatic carbocycles. The average molecular weight is 361 g/mol. The molecule has 5 nitrogen and oxygen atoms in total. The first-order valence-corrected chi connectivity index (χ1v) is 6.05. The lowest BCUT2D eigenvalue weighted by molar-refractivity contribution is 0.349. The molecule has 0 spiro atoms. The molecule has 1 aromatic heterocycles. The van der Waals surface area contributed by atoms with Crippen molar-refractivity contribution in [2.24, 2.45) is 10.7 Å². The standard InChI is InChI=1S/C12H19N5.HI/c13-12(16-11-5-1-2-6-14-11)15-7-10-17-8-3-4-9-17;/h1-2,5-6H,3-4,7-10H2,(H3,13,14,15,16);1H. The molecule has 1 aliphatic heterocycles. The third kappa shape index (κ3) is 5.18. The Morgan fingerprint density at radius 3 is 2.83 bits per heavy atom. The van der Waals surface area contributed by atoms with Gasteiger partial charge < -0.3 is 16.0 Å². The van der Waals surface area contributed by atoms with Gasteiger partial charge in [0.15, 0.2) is 5.96 Å². The first kappa shape index (κ1) is 15.2. The molecule has 3 N–H and O–H groups in total. The molecule has 1 fully saturated rings. The smallest absolute Gasteiger partial charge is 0.194 e. The normalized spacial score (nSPS) is 16.3. The van der Waals surface area contributed by atoms with E-state index in [0.717, 1.165) is 18.9 Å². The Labute approximate surface area is 125 Å². The quantitative estimate of drug-likeness (QED) is 0.485. The summed E-state index contributed by atoms with van der Waals surface area (Å²) in [7, 11) is 0. The highest BCUT2D eigenvalue weighted by atomic mass is 127. The van der Waals surface area contributed by atoms with Gasteiger partial charge in [-0.15, -0.1) is 24.0 Å². The van der Waals surface area contributed by atoms with Gasteiger partial charge in [0.05, 0.1) is 6.54 Å². The number of nitrogens with zero attached hydrogens (tertiary/aromatic N) is 3. The molecule has 2 heterocycles. The number of guanidine groups is 1. The van der Waals surface area contributed by atoms with E-state index in [9.17, 15) is 0 Å². The van der Waals surface area contributed by atoms with Gasteiger partial charge in [-0.05, 0) is 38.1 Å². The van der Waals surface area contributed by atoms with Crippen LogP contribution in [-0.2, 0) is 0 Å². The molecular weight excluding hydrogens is 341 g/mol. The Bertz CT molecular complexity index is 362. The van der Waals surface area contributed by atoms with Gasteiger partial charge in [-0.2, -0.15) is 0 Å². The van der Waals surface area contributed by atoms with Gasteiger partial charge in [-0.3, -0.25) is 4.99 Å². The van der Waals surface area contributed by atoms with Crippen LogP contribution in [0.25, 0.3) is 0 Å². The van der Waals surface area contributed by atoms with Crippen LogP contribution in [0.3, 0.4) is 0 Å². The minimum absolute atomic E-state index is 0. The van der Waals surface area contributed by atoms with Crippen LogP contribution in [0.5, 0.6) is 0 Å². The van der Waals surface area contributed by atoms with Crippen LogP contribution in [0.2, 0.25) is 0 Å². The Balaban J connectivity index is 0.00000162. The van der Waals surface area contributed by atoms with Crippen molar-refractivity contribution < 1.29 is 0 Å². The van der Waals surface area contributed by atoms with E-state index in [4.69, 9.17) is 5.73 Å². The Morgan fingerprint density at radius 2 is 2.17 bits per heavy atom. The van der Waals surface area contributed by atoms with Gasteiger partial charge in [-0.25, -0.2) is 4.98 Å². The van der Waals surface area contributed by atoms with Gasteiger partial charge in [0.1, 0.15) is 5.82 Å². The highest BCUT2D eigenvalue weighted by Gasteiger charge is 2.09. The maximum atomic E-state index is 5.77. The summed E-state index contributed by atoms with van der Waals surface area (Å²) in [5, 5.41) is 2.97. The molecule has 0 saturated carbocycles. The van der Waals surface area contributed by atoms with E-state index in [1.807, 2.05) is 18.2 Å². The van der Waals surface area contributed by atoms with Crippen LogP contribution in [-0.4, -0.2) is 42.0 Å². The van der Waals surface area contributed by atoms with E-state index >= 15 is 0 Å². The topological polar surface area (TPSA) is 66.5 Å². The van der Waals surface area contributed by atoms with Gasteiger partial charge >= 0.3 is 0 Å². The van der Waals surface area contributed by atoms with E-state index in [1.54, 1.807) is 6.20 Å². The number of aromatic nitrogens is 1. The van der Waals surface area contributed by atoms with E-state index in [0.29, 0.717) is 5.96 Å². The van der Waals surface area contributed by atoms with Crippen LogP contribution in [0.15, 0.2) is 29.4 Å². The Kier molecular flexibility index (Phi) is 6.96. The molecule has 0 atom stereocenters. The molecule has 1 aromatic rings. The second-order valence-corrected chi connectivity index (χ2v) is 4.16. The van der Waals surface area contributed by atoms with Crippen molar-refractivity contribution in [3.63, 3.8) is 0 Å². The van der Waals surface area contributed by atoms with Gasteiger partial charge in [0.2, 0.25) is 0 Å². The van der Waals surface area contributed by atoms with E-state index in [1.165, 1.54) is 25.9 Å². The third-order valence-electron chi connectivity index (χ3n) is 2.82. The molecule has 0 radical (unpaired) electrons. The predicted molar refractivity (Wildman–Crippen MR) is 85.4 cm³/mol. The zero-order valence-electron chi connectivity index (χ0n) is 10.4. The van der Waals surface area contributed by atoms with E-state index < -0.39 is 0 Å². The second kappa shape index (κ2) is 8.25. The van der Waals surface area contributed by atoms with E-state index in [2.05, 4.69) is 20.2 Å². The summed E-state index contributed by atoms with van der Waals surface area (Å²) >= 11 is 0. The molecular formula is C12H20IN5. The number of anilines is 1. The maximum absolute atomic E-state index is 5.77. The molecule has 100 valence electrons. The molecule has 18 heavy (non-hydrogen) atoms. The van der Waals surface area contributed by atoms with Crippen molar-refractivity contribution in [1.82, 2.24) is 9.88 Å². The summed E-state index contributed by atoms with van der Waals surface area (Å²) in [5.74, 6) is 1.16. The number of pyridine rings is 1. The van der Waals surface area contributed by atoms with Gasteiger partial charge in [0.25, 0.3) is 0 Å². The predicted octanol–water partition coefficient (Wildman–Crippen LogP) is 1.52. The molecule has 6 heteroatoms. The largest absolute Gasteiger partial charge is 0.370 e. The average Bonchev–Trinajstić information content (AvgIpc) is 2.83. The number of nitrogens with two attached hydrogens (primary N) is 1. The molecule has 0 unspecified atom stereocenters. The van der Waals surface area contributed by atoms with Crippen LogP contribution >= 0.6 is 24.0 Å². The lowest BCUT2D eigenvalue weighted by Crippen LogP contribution is -2.27. The highest BCUT2D eigenvalue weighted by molar-refractivity contribution is 14.0. The van der Waals surface area contributed by atoms with Crippen LogP contribution in [0.1, 0.15) is 12.8 Å². The van der Waals surface area contributed by atoms with Crippen LogP contribution < -0.4 is 11.1 Å². The second-order valence-electron chi connectivity index (χ2n) is 4.16. The van der Waals surface area contributed by atoms with Gasteiger partial charge in [0, 0.05) is 12.7 Å². The molecule has 1 aliphatic rings. The summed E-state index contributed by atoms with van der Waals surface area (Å²) in [6.07, 6.45) is 4.34. The Hall–Kier alpha value is -0.890. The summed E-state index contributed by atoms with van der Waals surface area (Å²) in [6, 6.07) is 5.64. The summed E-state index contributed by atoms with van der Waals surface area (Å²) < 4.78 is 0. The van der Waals surface area contributed by atoms with Crippen molar-refractivity contribution in [3.8, 4) is 0 Å². The monoisotopic (exact) mass is 361 g/mol. The third-order valence-corrected chi connectivity index (χ3v) is 2.82. The number of rotatable bonds is 4. The number of likely N-dealkylation sites (tertiary alicyclic amines) is 1. The number of aliphatic imine (C=N–C) groups is 1. The van der Waals surface area contributed by atoms with Crippen molar-refractivity contribution in [1.29, 1.82) is 0 Å². The molecule has 0 amide bonds. The van der Waals surface area contributed by atoms with Crippen LogP contribution in [0.4, 0.5) is 5.82 Å². The first-order chi connectivity index (χ1) is 8.34. The minimum atomic E-state index is 0. The lowest BCUT2D eigenvalue weighted by atomic mass is 10.4. The fourth-order valence-electron chi connectivity index (χ4n) is 1.93. The SMILES string of the molecule is I.NC(=NCCN1CCCC1)Nc1ccccn1. The molecule has 1 saturated heterocycles. The zero-order chi connectivity index (χ0) is 11.9. The zero-order valence-corrected chi connectivity index (χ0v) is 12.7. The summed E-state index contributed by atoms with van der Waals surface area (Å²) in [6.45, 7) is 4.13. The lowest BCUT2D eigenvalue weighted by Gasteiger charge is -2.12. The number of nitrogens with one attached hydrogen (secondary N) is 1. The fraction of sp³-hybridized carbons (Fsp3) is 0.500. The van der Waals surface area contributed by atoms with Crippen molar-refractivity contribution in [2.45, 2.75) is 12.8 Å². The van der Waals surface area contributed by atoms with Crippen molar-refractivity contribution in [3.05, 3.63) is 24.4 Å². The molecule has 0 aliphatic carbocycles. The summed E-state index contributed by atoms with van der Waals surface area (Å²) in [5.41, 5.74) is 5.77. The maximum Gasteiger partial charge on any atom is 0.194 e. The fourth-order valence-corrected chi connectivity index (χ4v) is 1.93.